The van der Waals surface area contributed by atoms with Crippen molar-refractivity contribution in [1.82, 2.24) is 5.32 Å². The van der Waals surface area contributed by atoms with Crippen LogP contribution in [0.4, 0.5) is 0 Å². The summed E-state index contributed by atoms with van der Waals surface area (Å²) in [5.41, 5.74) is 1.44. The first-order chi connectivity index (χ1) is 8.50. The lowest BCUT2D eigenvalue weighted by molar-refractivity contribution is 0.391. The van der Waals surface area contributed by atoms with Crippen LogP contribution in [0.3, 0.4) is 0 Å². The first-order valence-electron chi connectivity index (χ1n) is 6.74. The lowest BCUT2D eigenvalue weighted by Crippen LogP contribution is -2.32. The minimum absolute atomic E-state index is 0.430. The third-order valence-corrected chi connectivity index (χ3v) is 5.24. The van der Waals surface area contributed by atoms with Crippen LogP contribution in [0.1, 0.15) is 44.2 Å². The molecule has 2 aromatic rings. The van der Waals surface area contributed by atoms with Gasteiger partial charge in [-0.3, -0.25) is 0 Å². The second-order valence-electron chi connectivity index (χ2n) is 5.51. The first kappa shape index (κ1) is 13.6. The molecule has 0 spiro atoms. The van der Waals surface area contributed by atoms with E-state index in [0.29, 0.717) is 18.0 Å². The lowest BCUT2D eigenvalue weighted by Gasteiger charge is -2.22. The van der Waals surface area contributed by atoms with Crippen LogP contribution < -0.4 is 5.32 Å². The first-order valence-corrected chi connectivity index (χ1v) is 7.56. The molecule has 1 heterocycles. The molecule has 1 nitrogen and oxygen atoms in total. The molecule has 0 saturated heterocycles. The molecule has 1 aromatic heterocycles. The molecule has 1 aromatic carbocycles. The van der Waals surface area contributed by atoms with Crippen LogP contribution in [0.25, 0.3) is 10.1 Å². The van der Waals surface area contributed by atoms with Crippen LogP contribution >= 0.6 is 11.3 Å². The van der Waals surface area contributed by atoms with Gasteiger partial charge in [-0.15, -0.1) is 11.3 Å². The van der Waals surface area contributed by atoms with E-state index in [2.05, 4.69) is 64.2 Å². The van der Waals surface area contributed by atoms with Gasteiger partial charge >= 0.3 is 0 Å². The topological polar surface area (TPSA) is 12.0 Å². The number of aryl methyl sites for hydroxylation is 1. The average Bonchev–Trinajstić information content (AvgIpc) is 2.67. The van der Waals surface area contributed by atoms with Crippen molar-refractivity contribution < 1.29 is 0 Å². The van der Waals surface area contributed by atoms with E-state index >= 15 is 0 Å². The van der Waals surface area contributed by atoms with E-state index in [0.717, 1.165) is 0 Å². The van der Waals surface area contributed by atoms with Gasteiger partial charge in [-0.2, -0.15) is 0 Å². The molecule has 0 fully saturated rings. The van der Waals surface area contributed by atoms with E-state index in [1.165, 1.54) is 20.5 Å². The van der Waals surface area contributed by atoms with Gasteiger partial charge < -0.3 is 5.32 Å². The van der Waals surface area contributed by atoms with Crippen molar-refractivity contribution in [1.29, 1.82) is 0 Å². The summed E-state index contributed by atoms with van der Waals surface area (Å²) in [5.74, 6) is 0.669. The zero-order chi connectivity index (χ0) is 13.3. The van der Waals surface area contributed by atoms with E-state index < -0.39 is 0 Å². The van der Waals surface area contributed by atoms with Gasteiger partial charge in [0.15, 0.2) is 0 Å². The van der Waals surface area contributed by atoms with Gasteiger partial charge in [-0.1, -0.05) is 32.0 Å². The largest absolute Gasteiger partial charge is 0.307 e. The molecule has 0 aliphatic heterocycles. The predicted molar refractivity (Wildman–Crippen MR) is 82.4 cm³/mol. The van der Waals surface area contributed by atoms with Crippen molar-refractivity contribution in [2.24, 2.45) is 5.92 Å². The molecule has 0 amide bonds. The van der Waals surface area contributed by atoms with Crippen LogP contribution in [0, 0.1) is 12.8 Å². The van der Waals surface area contributed by atoms with Crippen molar-refractivity contribution in [3.63, 3.8) is 0 Å². The van der Waals surface area contributed by atoms with Gasteiger partial charge in [0, 0.05) is 21.7 Å². The van der Waals surface area contributed by atoms with E-state index in [1.54, 1.807) is 0 Å². The number of benzene rings is 1. The van der Waals surface area contributed by atoms with Crippen LogP contribution in [0.5, 0.6) is 0 Å². The summed E-state index contributed by atoms with van der Waals surface area (Å²) in [6.07, 6.45) is 0. The quantitative estimate of drug-likeness (QED) is 0.825. The van der Waals surface area contributed by atoms with Gasteiger partial charge in [0.2, 0.25) is 0 Å². The summed E-state index contributed by atoms with van der Waals surface area (Å²) in [7, 11) is 0. The number of nitrogens with one attached hydrogen (secondary N) is 1. The van der Waals surface area contributed by atoms with Gasteiger partial charge in [0.1, 0.15) is 0 Å². The standard InChI is InChI=1S/C16H23NS/c1-10(2)12(4)17-13(5)16-11(3)14-8-6-7-9-15(14)18-16/h6-10,12-13,17H,1-5H3. The highest BCUT2D eigenvalue weighted by Gasteiger charge is 2.17. The Morgan fingerprint density at radius 3 is 2.33 bits per heavy atom. The molecule has 0 saturated carbocycles. The Balaban J connectivity index is 2.28. The Bertz CT molecular complexity index is 527. The molecule has 1 N–H and O–H groups in total. The number of thiophene rings is 1. The minimum Gasteiger partial charge on any atom is -0.307 e. The van der Waals surface area contributed by atoms with Crippen LogP contribution in [-0.4, -0.2) is 6.04 Å². The lowest BCUT2D eigenvalue weighted by atomic mass is 10.0. The zero-order valence-electron chi connectivity index (χ0n) is 11.9. The van der Waals surface area contributed by atoms with E-state index in [-0.39, 0.29) is 0 Å². The molecular weight excluding hydrogens is 238 g/mol. The van der Waals surface area contributed by atoms with Gasteiger partial charge in [0.05, 0.1) is 0 Å². The number of rotatable bonds is 4. The number of hydrogen-bond acceptors (Lipinski definition) is 2. The fourth-order valence-corrected chi connectivity index (χ4v) is 3.49. The molecule has 18 heavy (non-hydrogen) atoms. The van der Waals surface area contributed by atoms with Crippen LogP contribution in [-0.2, 0) is 0 Å². The fraction of sp³-hybridized carbons (Fsp3) is 0.500. The Kier molecular flexibility index (Phi) is 4.08. The van der Waals surface area contributed by atoms with Crippen LogP contribution in [0.15, 0.2) is 24.3 Å². The van der Waals surface area contributed by atoms with E-state index in [9.17, 15) is 0 Å². The molecule has 0 bridgehead atoms. The Morgan fingerprint density at radius 1 is 1.06 bits per heavy atom. The second kappa shape index (κ2) is 5.41. The highest BCUT2D eigenvalue weighted by atomic mass is 32.1. The summed E-state index contributed by atoms with van der Waals surface area (Å²) < 4.78 is 1.40. The Labute approximate surface area is 114 Å². The summed E-state index contributed by atoms with van der Waals surface area (Å²) in [5, 5.41) is 5.11. The average molecular weight is 261 g/mol. The third kappa shape index (κ3) is 2.60. The molecule has 0 aliphatic carbocycles. The Morgan fingerprint density at radius 2 is 1.72 bits per heavy atom. The summed E-state index contributed by atoms with van der Waals surface area (Å²) in [4.78, 5) is 1.48. The molecule has 2 unspecified atom stereocenters. The van der Waals surface area contributed by atoms with Gasteiger partial charge in [-0.05, 0) is 43.7 Å². The van der Waals surface area contributed by atoms with Crippen molar-refractivity contribution in [3.05, 3.63) is 34.7 Å². The maximum atomic E-state index is 3.71. The maximum Gasteiger partial charge on any atom is 0.0391 e. The monoisotopic (exact) mass is 261 g/mol. The molecule has 0 radical (unpaired) electrons. The number of fused-ring (bicyclic) bond motifs is 1. The van der Waals surface area contributed by atoms with Gasteiger partial charge in [-0.25, -0.2) is 0 Å². The molecule has 0 aliphatic rings. The summed E-state index contributed by atoms with van der Waals surface area (Å²) >= 11 is 1.92. The van der Waals surface area contributed by atoms with Crippen molar-refractivity contribution in [2.75, 3.05) is 0 Å². The highest BCUT2D eigenvalue weighted by Crippen LogP contribution is 2.34. The van der Waals surface area contributed by atoms with Crippen LogP contribution in [0.2, 0.25) is 0 Å². The molecular formula is C16H23NS. The maximum absolute atomic E-state index is 3.71. The molecule has 2 heteroatoms. The molecule has 2 atom stereocenters. The van der Waals surface area contributed by atoms with Crippen molar-refractivity contribution >= 4 is 21.4 Å². The molecule has 98 valence electrons. The smallest absolute Gasteiger partial charge is 0.0391 e. The zero-order valence-corrected chi connectivity index (χ0v) is 12.8. The summed E-state index contributed by atoms with van der Waals surface area (Å²) in [6, 6.07) is 9.67. The predicted octanol–water partition coefficient (Wildman–Crippen LogP) is 4.90. The van der Waals surface area contributed by atoms with Crippen molar-refractivity contribution in [3.8, 4) is 0 Å². The highest BCUT2D eigenvalue weighted by molar-refractivity contribution is 7.19. The minimum atomic E-state index is 0.430. The second-order valence-corrected chi connectivity index (χ2v) is 6.59. The number of hydrogen-bond donors (Lipinski definition) is 1. The van der Waals surface area contributed by atoms with Crippen molar-refractivity contribution in [2.45, 2.75) is 46.7 Å². The van der Waals surface area contributed by atoms with Gasteiger partial charge in [0.25, 0.3) is 0 Å². The Hall–Kier alpha value is -0.860. The summed E-state index contributed by atoms with van der Waals surface area (Å²) in [6.45, 7) is 11.3. The third-order valence-electron chi connectivity index (χ3n) is 3.79. The fourth-order valence-electron chi connectivity index (χ4n) is 2.27. The van der Waals surface area contributed by atoms with E-state index in [1.807, 2.05) is 11.3 Å². The molecule has 2 rings (SSSR count). The van der Waals surface area contributed by atoms with E-state index in [4.69, 9.17) is 0 Å². The SMILES string of the molecule is Cc1c(C(C)NC(C)C(C)C)sc2ccccc12. The normalized spacial score (nSPS) is 15.2.